The van der Waals surface area contributed by atoms with Crippen molar-refractivity contribution in [3.63, 3.8) is 0 Å². The minimum Gasteiger partial charge on any atom is -0.487 e. The molecule has 21 heavy (non-hydrogen) atoms. The van der Waals surface area contributed by atoms with E-state index in [1.165, 1.54) is 0 Å². The summed E-state index contributed by atoms with van der Waals surface area (Å²) in [4.78, 5) is 0. The van der Waals surface area contributed by atoms with Gasteiger partial charge in [0.15, 0.2) is 0 Å². The van der Waals surface area contributed by atoms with E-state index in [0.29, 0.717) is 11.6 Å². The second-order valence-electron chi connectivity index (χ2n) is 5.03. The van der Waals surface area contributed by atoms with Crippen LogP contribution >= 0.6 is 11.6 Å². The number of halogens is 1. The molecule has 0 bridgehead atoms. The molecule has 5 heteroatoms. The minimum absolute atomic E-state index is 0.0812. The summed E-state index contributed by atoms with van der Waals surface area (Å²) in [5, 5.41) is 5.06. The van der Waals surface area contributed by atoms with Crippen LogP contribution in [0.4, 0.5) is 0 Å². The second-order valence-corrected chi connectivity index (χ2v) is 5.41. The summed E-state index contributed by atoms with van der Waals surface area (Å²) in [7, 11) is 0. The largest absolute Gasteiger partial charge is 0.487 e. The number of nitrogens with two attached hydrogens (primary N) is 1. The molecule has 4 nitrogen and oxygen atoms in total. The fourth-order valence-electron chi connectivity index (χ4n) is 2.21. The molecule has 0 aliphatic carbocycles. The molecule has 0 aliphatic rings. The number of hydrogen-bond acceptors (Lipinski definition) is 3. The van der Waals surface area contributed by atoms with Crippen LogP contribution in [0.1, 0.15) is 43.3 Å². The molecule has 0 saturated heterocycles. The first-order valence-electron chi connectivity index (χ1n) is 7.26. The van der Waals surface area contributed by atoms with Crippen LogP contribution in [-0.2, 0) is 13.2 Å². The van der Waals surface area contributed by atoms with Crippen LogP contribution < -0.4 is 10.5 Å². The maximum absolute atomic E-state index is 6.26. The van der Waals surface area contributed by atoms with Crippen LogP contribution in [0.3, 0.4) is 0 Å². The Morgan fingerprint density at radius 2 is 1.95 bits per heavy atom. The van der Waals surface area contributed by atoms with Crippen LogP contribution in [0.5, 0.6) is 5.75 Å². The Balaban J connectivity index is 2.06. The number of aryl methyl sites for hydroxylation is 2. The predicted octanol–water partition coefficient (Wildman–Crippen LogP) is 3.85. The molecular formula is C16H22ClN3O. The third-order valence-electron chi connectivity index (χ3n) is 3.58. The summed E-state index contributed by atoms with van der Waals surface area (Å²) in [6.45, 7) is 7.20. The van der Waals surface area contributed by atoms with E-state index in [-0.39, 0.29) is 6.04 Å². The standard InChI is InChI=1S/C16H22ClN3O/c1-4-14(18)12-6-8-13(9-7-12)21-10-15-16(17)11(3)19-20(15)5-2/h6-9,14H,4-5,10,18H2,1-3H3/t14-/m1/s1. The number of rotatable bonds is 6. The Morgan fingerprint density at radius 1 is 1.29 bits per heavy atom. The van der Waals surface area contributed by atoms with Crippen molar-refractivity contribution in [2.24, 2.45) is 5.73 Å². The lowest BCUT2D eigenvalue weighted by Crippen LogP contribution is -2.09. The molecule has 114 valence electrons. The highest BCUT2D eigenvalue weighted by Gasteiger charge is 2.13. The Labute approximate surface area is 130 Å². The van der Waals surface area contributed by atoms with Crippen LogP contribution in [0, 0.1) is 6.92 Å². The van der Waals surface area contributed by atoms with E-state index in [0.717, 1.165) is 35.7 Å². The van der Waals surface area contributed by atoms with Crippen molar-refractivity contribution in [1.82, 2.24) is 9.78 Å². The Morgan fingerprint density at radius 3 is 2.52 bits per heavy atom. The molecular weight excluding hydrogens is 286 g/mol. The second kappa shape index (κ2) is 6.96. The van der Waals surface area contributed by atoms with E-state index in [1.807, 2.05) is 42.8 Å². The highest BCUT2D eigenvalue weighted by atomic mass is 35.5. The molecule has 0 saturated carbocycles. The van der Waals surface area contributed by atoms with Gasteiger partial charge in [0.1, 0.15) is 12.4 Å². The van der Waals surface area contributed by atoms with Crippen LogP contribution in [-0.4, -0.2) is 9.78 Å². The van der Waals surface area contributed by atoms with Crippen LogP contribution in [0.25, 0.3) is 0 Å². The summed E-state index contributed by atoms with van der Waals surface area (Å²) in [5.41, 5.74) is 8.87. The Kier molecular flexibility index (Phi) is 5.26. The lowest BCUT2D eigenvalue weighted by molar-refractivity contribution is 0.292. The number of hydrogen-bond donors (Lipinski definition) is 1. The average molecular weight is 308 g/mol. The van der Waals surface area contributed by atoms with E-state index >= 15 is 0 Å². The fraction of sp³-hybridized carbons (Fsp3) is 0.438. The molecule has 0 aliphatic heterocycles. The molecule has 2 rings (SSSR count). The van der Waals surface area contributed by atoms with E-state index in [4.69, 9.17) is 22.1 Å². The highest BCUT2D eigenvalue weighted by Crippen LogP contribution is 2.23. The lowest BCUT2D eigenvalue weighted by atomic mass is 10.1. The maximum Gasteiger partial charge on any atom is 0.131 e. The third kappa shape index (κ3) is 3.57. The van der Waals surface area contributed by atoms with Crippen molar-refractivity contribution >= 4 is 11.6 Å². The van der Waals surface area contributed by atoms with Gasteiger partial charge in [0.2, 0.25) is 0 Å². The molecule has 2 aromatic rings. The van der Waals surface area contributed by atoms with E-state index in [2.05, 4.69) is 12.0 Å². The monoisotopic (exact) mass is 307 g/mol. The smallest absolute Gasteiger partial charge is 0.131 e. The van der Waals surface area contributed by atoms with Gasteiger partial charge in [0.25, 0.3) is 0 Å². The minimum atomic E-state index is 0.0812. The number of nitrogens with zero attached hydrogens (tertiary/aromatic N) is 2. The van der Waals surface area contributed by atoms with Gasteiger partial charge in [0, 0.05) is 12.6 Å². The van der Waals surface area contributed by atoms with Gasteiger partial charge in [-0.25, -0.2) is 0 Å². The van der Waals surface area contributed by atoms with Gasteiger partial charge in [-0.05, 0) is 38.0 Å². The van der Waals surface area contributed by atoms with Gasteiger partial charge < -0.3 is 10.5 Å². The molecule has 1 aromatic heterocycles. The molecule has 1 heterocycles. The van der Waals surface area contributed by atoms with Gasteiger partial charge in [-0.3, -0.25) is 4.68 Å². The first kappa shape index (κ1) is 15.9. The first-order valence-corrected chi connectivity index (χ1v) is 7.64. The van der Waals surface area contributed by atoms with Gasteiger partial charge in [0.05, 0.1) is 16.4 Å². The number of ether oxygens (including phenoxy) is 1. The molecule has 0 spiro atoms. The summed E-state index contributed by atoms with van der Waals surface area (Å²) in [6, 6.07) is 7.98. The van der Waals surface area contributed by atoms with Crippen molar-refractivity contribution in [3.8, 4) is 5.75 Å². The molecule has 2 N–H and O–H groups in total. The Bertz CT molecular complexity index is 592. The van der Waals surface area contributed by atoms with Crippen molar-refractivity contribution in [1.29, 1.82) is 0 Å². The van der Waals surface area contributed by atoms with Crippen molar-refractivity contribution in [3.05, 3.63) is 46.2 Å². The number of aromatic nitrogens is 2. The summed E-state index contributed by atoms with van der Waals surface area (Å²) in [6.07, 6.45) is 0.921. The molecule has 0 radical (unpaired) electrons. The SMILES string of the molecule is CC[C@@H](N)c1ccc(OCc2c(Cl)c(C)nn2CC)cc1. The Hall–Kier alpha value is -1.52. The molecule has 1 atom stereocenters. The van der Waals surface area contributed by atoms with E-state index < -0.39 is 0 Å². The zero-order valence-corrected chi connectivity index (χ0v) is 13.5. The molecule has 1 aromatic carbocycles. The van der Waals surface area contributed by atoms with Crippen molar-refractivity contribution < 1.29 is 4.74 Å². The highest BCUT2D eigenvalue weighted by molar-refractivity contribution is 6.31. The quantitative estimate of drug-likeness (QED) is 0.882. The average Bonchev–Trinajstić information content (AvgIpc) is 2.79. The zero-order chi connectivity index (χ0) is 15.4. The van der Waals surface area contributed by atoms with E-state index in [9.17, 15) is 0 Å². The van der Waals surface area contributed by atoms with Gasteiger partial charge in [-0.15, -0.1) is 0 Å². The predicted molar refractivity (Wildman–Crippen MR) is 85.6 cm³/mol. The summed E-state index contributed by atoms with van der Waals surface area (Å²) >= 11 is 6.26. The lowest BCUT2D eigenvalue weighted by Gasteiger charge is -2.11. The van der Waals surface area contributed by atoms with Gasteiger partial charge in [-0.2, -0.15) is 5.10 Å². The van der Waals surface area contributed by atoms with E-state index in [1.54, 1.807) is 0 Å². The van der Waals surface area contributed by atoms with Crippen molar-refractivity contribution in [2.45, 2.75) is 46.4 Å². The van der Waals surface area contributed by atoms with Gasteiger partial charge in [-0.1, -0.05) is 30.7 Å². The molecule has 0 fully saturated rings. The molecule has 0 amide bonds. The van der Waals surface area contributed by atoms with Crippen molar-refractivity contribution in [2.75, 3.05) is 0 Å². The number of benzene rings is 1. The summed E-state index contributed by atoms with van der Waals surface area (Å²) < 4.78 is 7.69. The van der Waals surface area contributed by atoms with Crippen LogP contribution in [0.15, 0.2) is 24.3 Å². The maximum atomic E-state index is 6.26. The third-order valence-corrected chi connectivity index (χ3v) is 4.07. The topological polar surface area (TPSA) is 53.1 Å². The summed E-state index contributed by atoms with van der Waals surface area (Å²) in [5.74, 6) is 0.805. The molecule has 0 unspecified atom stereocenters. The first-order chi connectivity index (χ1) is 10.1. The zero-order valence-electron chi connectivity index (χ0n) is 12.8. The van der Waals surface area contributed by atoms with Gasteiger partial charge >= 0.3 is 0 Å². The fourth-order valence-corrected chi connectivity index (χ4v) is 2.40. The van der Waals surface area contributed by atoms with Crippen LogP contribution in [0.2, 0.25) is 5.02 Å². The normalized spacial score (nSPS) is 12.4.